The summed E-state index contributed by atoms with van der Waals surface area (Å²) in [7, 11) is 0. The van der Waals surface area contributed by atoms with E-state index in [0.717, 1.165) is 23.8 Å². The lowest BCUT2D eigenvalue weighted by molar-refractivity contribution is 0.690. The first-order valence-corrected chi connectivity index (χ1v) is 6.67. The van der Waals surface area contributed by atoms with Crippen LogP contribution in [0.3, 0.4) is 0 Å². The van der Waals surface area contributed by atoms with Crippen LogP contribution in [0.15, 0.2) is 24.0 Å². The van der Waals surface area contributed by atoms with Gasteiger partial charge in [-0.3, -0.25) is 4.98 Å². The third-order valence-corrected chi connectivity index (χ3v) is 3.87. The zero-order valence-electron chi connectivity index (χ0n) is 9.71. The minimum Gasteiger partial charge on any atom is -0.347 e. The second-order valence-electron chi connectivity index (χ2n) is 4.21. The van der Waals surface area contributed by atoms with Crippen molar-refractivity contribution in [3.05, 3.63) is 34.7 Å². The predicted octanol–water partition coefficient (Wildman–Crippen LogP) is 2.58. The number of nitrogens with zero attached hydrogens (tertiary/aromatic N) is 4. The average molecular weight is 246 g/mol. The molecule has 0 unspecified atom stereocenters. The van der Waals surface area contributed by atoms with Crippen molar-refractivity contribution in [1.82, 2.24) is 15.0 Å². The lowest BCUT2D eigenvalue weighted by Gasteiger charge is -2.23. The Balaban J connectivity index is 1.90. The monoisotopic (exact) mass is 246 g/mol. The molecule has 3 rings (SSSR count). The SMILES string of the molecule is Cc1nc([C@H]2CCCN2c2cnccn2)cs1. The van der Waals surface area contributed by atoms with Crippen LogP contribution in [0.25, 0.3) is 0 Å². The van der Waals surface area contributed by atoms with Gasteiger partial charge in [0.1, 0.15) is 5.82 Å². The molecule has 0 bridgehead atoms. The first-order valence-electron chi connectivity index (χ1n) is 5.79. The van der Waals surface area contributed by atoms with Gasteiger partial charge in [0.05, 0.1) is 22.9 Å². The van der Waals surface area contributed by atoms with E-state index < -0.39 is 0 Å². The van der Waals surface area contributed by atoms with Crippen molar-refractivity contribution in [3.8, 4) is 0 Å². The van der Waals surface area contributed by atoms with Crippen LogP contribution < -0.4 is 4.90 Å². The Bertz CT molecular complexity index is 496. The van der Waals surface area contributed by atoms with Crippen molar-refractivity contribution in [2.45, 2.75) is 25.8 Å². The topological polar surface area (TPSA) is 41.9 Å². The quantitative estimate of drug-likeness (QED) is 0.816. The standard InChI is InChI=1S/C12H14N4S/c1-9-15-10(8-17-9)11-3-2-6-16(11)12-7-13-4-5-14-12/h4-5,7-8,11H,2-3,6H2,1H3/t11-/m1/s1. The molecule has 1 saturated heterocycles. The van der Waals surface area contributed by atoms with Crippen molar-refractivity contribution in [1.29, 1.82) is 0 Å². The molecule has 0 saturated carbocycles. The molecule has 3 heterocycles. The fourth-order valence-electron chi connectivity index (χ4n) is 2.32. The molecule has 1 fully saturated rings. The third-order valence-electron chi connectivity index (χ3n) is 3.07. The molecule has 1 aliphatic rings. The molecular weight excluding hydrogens is 232 g/mol. The minimum atomic E-state index is 0.372. The molecule has 5 heteroatoms. The van der Waals surface area contributed by atoms with Crippen molar-refractivity contribution in [3.63, 3.8) is 0 Å². The first-order chi connectivity index (χ1) is 8.34. The van der Waals surface area contributed by atoms with E-state index in [1.165, 1.54) is 12.1 Å². The number of aromatic nitrogens is 3. The van der Waals surface area contributed by atoms with E-state index in [4.69, 9.17) is 0 Å². The summed E-state index contributed by atoms with van der Waals surface area (Å²) in [4.78, 5) is 15.4. The van der Waals surface area contributed by atoms with Crippen LogP contribution in [0.2, 0.25) is 0 Å². The van der Waals surface area contributed by atoms with E-state index >= 15 is 0 Å². The smallest absolute Gasteiger partial charge is 0.147 e. The Hall–Kier alpha value is -1.49. The van der Waals surface area contributed by atoms with E-state index in [1.54, 1.807) is 23.7 Å². The van der Waals surface area contributed by atoms with Gasteiger partial charge < -0.3 is 4.90 Å². The van der Waals surface area contributed by atoms with Crippen LogP contribution in [0.5, 0.6) is 0 Å². The molecule has 0 amide bonds. The summed E-state index contributed by atoms with van der Waals surface area (Å²) in [5.41, 5.74) is 1.18. The van der Waals surface area contributed by atoms with Crippen molar-refractivity contribution in [2.24, 2.45) is 0 Å². The van der Waals surface area contributed by atoms with Crippen LogP contribution in [-0.2, 0) is 0 Å². The van der Waals surface area contributed by atoms with E-state index in [2.05, 4.69) is 32.2 Å². The molecule has 1 aliphatic heterocycles. The molecule has 2 aromatic heterocycles. The molecule has 0 aromatic carbocycles. The van der Waals surface area contributed by atoms with E-state index in [0.29, 0.717) is 6.04 Å². The van der Waals surface area contributed by atoms with Gasteiger partial charge in [0, 0.05) is 24.3 Å². The van der Waals surface area contributed by atoms with Gasteiger partial charge in [0.25, 0.3) is 0 Å². The normalized spacial score (nSPS) is 19.8. The molecule has 0 N–H and O–H groups in total. The summed E-state index contributed by atoms with van der Waals surface area (Å²) in [6.07, 6.45) is 7.63. The maximum Gasteiger partial charge on any atom is 0.147 e. The van der Waals surface area contributed by atoms with E-state index in [-0.39, 0.29) is 0 Å². The van der Waals surface area contributed by atoms with Crippen LogP contribution in [-0.4, -0.2) is 21.5 Å². The summed E-state index contributed by atoms with van der Waals surface area (Å²) >= 11 is 1.71. The maximum atomic E-state index is 4.60. The zero-order valence-corrected chi connectivity index (χ0v) is 10.5. The fraction of sp³-hybridized carbons (Fsp3) is 0.417. The molecule has 88 valence electrons. The zero-order chi connectivity index (χ0) is 11.7. The van der Waals surface area contributed by atoms with Gasteiger partial charge in [0.2, 0.25) is 0 Å². The highest BCUT2D eigenvalue weighted by atomic mass is 32.1. The number of rotatable bonds is 2. The summed E-state index contributed by atoms with van der Waals surface area (Å²) in [5, 5.41) is 3.29. The van der Waals surface area contributed by atoms with E-state index in [9.17, 15) is 0 Å². The van der Waals surface area contributed by atoms with Crippen molar-refractivity contribution >= 4 is 17.2 Å². The third kappa shape index (κ3) is 2.02. The highest BCUT2D eigenvalue weighted by molar-refractivity contribution is 7.09. The number of aryl methyl sites for hydroxylation is 1. The van der Waals surface area contributed by atoms with Crippen LogP contribution >= 0.6 is 11.3 Å². The number of anilines is 1. The summed E-state index contributed by atoms with van der Waals surface area (Å²) in [5.74, 6) is 0.959. The summed E-state index contributed by atoms with van der Waals surface area (Å²) in [6, 6.07) is 0.372. The lowest BCUT2D eigenvalue weighted by Crippen LogP contribution is -2.23. The van der Waals surface area contributed by atoms with E-state index in [1.807, 2.05) is 6.20 Å². The Kier molecular flexibility index (Phi) is 2.76. The van der Waals surface area contributed by atoms with Crippen molar-refractivity contribution < 1.29 is 0 Å². The second kappa shape index (κ2) is 4.41. The maximum absolute atomic E-state index is 4.60. The van der Waals surface area contributed by atoms with Gasteiger partial charge in [-0.15, -0.1) is 11.3 Å². The number of thiazole rings is 1. The van der Waals surface area contributed by atoms with Crippen molar-refractivity contribution in [2.75, 3.05) is 11.4 Å². The Labute approximate surface area is 104 Å². The minimum absolute atomic E-state index is 0.372. The summed E-state index contributed by atoms with van der Waals surface area (Å²) in [6.45, 7) is 3.09. The molecule has 17 heavy (non-hydrogen) atoms. The second-order valence-corrected chi connectivity index (χ2v) is 5.27. The number of hydrogen-bond acceptors (Lipinski definition) is 5. The highest BCUT2D eigenvalue weighted by Crippen LogP contribution is 2.34. The highest BCUT2D eigenvalue weighted by Gasteiger charge is 2.28. The first kappa shape index (κ1) is 10.7. The molecule has 4 nitrogen and oxygen atoms in total. The van der Waals surface area contributed by atoms with Crippen LogP contribution in [0.1, 0.15) is 29.6 Å². The van der Waals surface area contributed by atoms with Gasteiger partial charge >= 0.3 is 0 Å². The fourth-order valence-corrected chi connectivity index (χ4v) is 2.98. The van der Waals surface area contributed by atoms with Crippen LogP contribution in [0, 0.1) is 6.92 Å². The Morgan fingerprint density at radius 3 is 3.06 bits per heavy atom. The average Bonchev–Trinajstić information content (AvgIpc) is 2.98. The molecule has 0 spiro atoms. The van der Waals surface area contributed by atoms with Gasteiger partial charge in [-0.1, -0.05) is 0 Å². The molecule has 0 aliphatic carbocycles. The van der Waals surface area contributed by atoms with Gasteiger partial charge in [-0.25, -0.2) is 9.97 Å². The lowest BCUT2D eigenvalue weighted by atomic mass is 10.2. The largest absolute Gasteiger partial charge is 0.347 e. The van der Waals surface area contributed by atoms with Crippen LogP contribution in [0.4, 0.5) is 5.82 Å². The van der Waals surface area contributed by atoms with Gasteiger partial charge in [0.15, 0.2) is 0 Å². The molecule has 1 atom stereocenters. The van der Waals surface area contributed by atoms with Gasteiger partial charge in [-0.05, 0) is 19.8 Å². The Morgan fingerprint density at radius 1 is 1.41 bits per heavy atom. The predicted molar refractivity (Wildman–Crippen MR) is 68.2 cm³/mol. The molecular formula is C12H14N4S. The number of hydrogen-bond donors (Lipinski definition) is 0. The summed E-state index contributed by atoms with van der Waals surface area (Å²) < 4.78 is 0. The Morgan fingerprint density at radius 2 is 2.35 bits per heavy atom. The molecule has 2 aromatic rings. The van der Waals surface area contributed by atoms with Gasteiger partial charge in [-0.2, -0.15) is 0 Å². The molecule has 0 radical (unpaired) electrons.